The Kier molecular flexibility index (Phi) is 3.23. The fourth-order valence-electron chi connectivity index (χ4n) is 1.62. The van der Waals surface area contributed by atoms with E-state index in [1.165, 1.54) is 13.4 Å². The maximum atomic E-state index is 11.8. The standard InChI is InChI=1S/C13H12O4/c1-16-12-8-17-11(13(12)15)7-10(14)9-5-3-2-4-6-9/h2-6,8,11H,7H2,1H3. The summed E-state index contributed by atoms with van der Waals surface area (Å²) in [5.74, 6) is -0.234. The molecular formula is C13H12O4. The molecule has 0 radical (unpaired) electrons. The van der Waals surface area contributed by atoms with Gasteiger partial charge in [0.15, 0.2) is 11.9 Å². The molecule has 0 amide bonds. The van der Waals surface area contributed by atoms with Gasteiger partial charge in [0, 0.05) is 5.56 Å². The predicted octanol–water partition coefficient (Wildman–Crippen LogP) is 1.72. The molecule has 88 valence electrons. The molecule has 4 heteroatoms. The minimum atomic E-state index is -0.752. The van der Waals surface area contributed by atoms with Crippen LogP contribution >= 0.6 is 0 Å². The summed E-state index contributed by atoms with van der Waals surface area (Å²) in [6, 6.07) is 8.82. The minimum Gasteiger partial charge on any atom is -0.490 e. The van der Waals surface area contributed by atoms with Crippen LogP contribution in [0.1, 0.15) is 16.8 Å². The SMILES string of the molecule is COC1=COC(CC(=O)c2ccccc2)C1=O. The molecule has 0 saturated heterocycles. The molecule has 0 bridgehead atoms. The number of carbonyl (C=O) groups is 2. The Morgan fingerprint density at radius 3 is 2.65 bits per heavy atom. The normalized spacial score (nSPS) is 18.5. The maximum absolute atomic E-state index is 11.8. The van der Waals surface area contributed by atoms with Crippen molar-refractivity contribution in [1.29, 1.82) is 0 Å². The zero-order valence-electron chi connectivity index (χ0n) is 9.38. The van der Waals surface area contributed by atoms with Crippen molar-refractivity contribution in [2.24, 2.45) is 0 Å². The fraction of sp³-hybridized carbons (Fsp3) is 0.231. The fourth-order valence-corrected chi connectivity index (χ4v) is 1.62. The van der Waals surface area contributed by atoms with Gasteiger partial charge in [0.2, 0.25) is 11.5 Å². The zero-order chi connectivity index (χ0) is 12.3. The van der Waals surface area contributed by atoms with Crippen LogP contribution in [0.25, 0.3) is 0 Å². The number of ketones is 2. The van der Waals surface area contributed by atoms with E-state index in [9.17, 15) is 9.59 Å². The van der Waals surface area contributed by atoms with Crippen LogP contribution in [-0.4, -0.2) is 24.8 Å². The lowest BCUT2D eigenvalue weighted by molar-refractivity contribution is -0.123. The predicted molar refractivity (Wildman–Crippen MR) is 60.4 cm³/mol. The van der Waals surface area contributed by atoms with Crippen LogP contribution in [0.2, 0.25) is 0 Å². The van der Waals surface area contributed by atoms with Crippen LogP contribution < -0.4 is 0 Å². The average molecular weight is 232 g/mol. The van der Waals surface area contributed by atoms with Gasteiger partial charge in [-0.1, -0.05) is 30.3 Å². The first kappa shape index (κ1) is 11.4. The third-order valence-electron chi connectivity index (χ3n) is 2.56. The number of benzene rings is 1. The van der Waals surface area contributed by atoms with E-state index in [1.54, 1.807) is 24.3 Å². The topological polar surface area (TPSA) is 52.6 Å². The van der Waals surface area contributed by atoms with Crippen molar-refractivity contribution < 1.29 is 19.1 Å². The van der Waals surface area contributed by atoms with Crippen LogP contribution in [0.15, 0.2) is 42.4 Å². The van der Waals surface area contributed by atoms with Gasteiger partial charge in [-0.2, -0.15) is 0 Å². The number of Topliss-reactive ketones (excluding diaryl/α,β-unsaturated/α-hetero) is 2. The molecule has 1 aliphatic rings. The van der Waals surface area contributed by atoms with Crippen molar-refractivity contribution in [2.75, 3.05) is 7.11 Å². The van der Waals surface area contributed by atoms with Gasteiger partial charge in [-0.3, -0.25) is 9.59 Å². The molecule has 0 saturated carbocycles. The summed E-state index contributed by atoms with van der Waals surface area (Å²) in [4.78, 5) is 23.5. The van der Waals surface area contributed by atoms with Crippen LogP contribution in [0.4, 0.5) is 0 Å². The molecule has 1 aromatic rings. The molecule has 0 aliphatic carbocycles. The number of rotatable bonds is 4. The smallest absolute Gasteiger partial charge is 0.241 e. The molecule has 1 aromatic carbocycles. The Bertz CT molecular complexity index is 462. The van der Waals surface area contributed by atoms with Crippen LogP contribution in [0.3, 0.4) is 0 Å². The van der Waals surface area contributed by atoms with Crippen molar-refractivity contribution in [3.05, 3.63) is 47.9 Å². The summed E-state index contributed by atoms with van der Waals surface area (Å²) in [6.45, 7) is 0. The molecule has 0 spiro atoms. The Morgan fingerprint density at radius 2 is 2.06 bits per heavy atom. The summed E-state index contributed by atoms with van der Waals surface area (Å²) in [6.07, 6.45) is 0.537. The molecular weight excluding hydrogens is 220 g/mol. The molecule has 1 unspecified atom stereocenters. The van der Waals surface area contributed by atoms with Crippen LogP contribution in [-0.2, 0) is 14.3 Å². The first-order valence-corrected chi connectivity index (χ1v) is 5.24. The largest absolute Gasteiger partial charge is 0.490 e. The Morgan fingerprint density at radius 1 is 1.35 bits per heavy atom. The third-order valence-corrected chi connectivity index (χ3v) is 2.56. The van der Waals surface area contributed by atoms with Crippen molar-refractivity contribution in [1.82, 2.24) is 0 Å². The van der Waals surface area contributed by atoms with E-state index >= 15 is 0 Å². The number of carbonyl (C=O) groups excluding carboxylic acids is 2. The van der Waals surface area contributed by atoms with Crippen molar-refractivity contribution in [3.63, 3.8) is 0 Å². The van der Waals surface area contributed by atoms with E-state index in [2.05, 4.69) is 0 Å². The molecule has 1 aliphatic heterocycles. The van der Waals surface area contributed by atoms with Crippen molar-refractivity contribution in [3.8, 4) is 0 Å². The van der Waals surface area contributed by atoms with Crippen molar-refractivity contribution >= 4 is 11.6 Å². The minimum absolute atomic E-state index is 0.0339. The summed E-state index contributed by atoms with van der Waals surface area (Å²) in [7, 11) is 1.40. The molecule has 1 atom stereocenters. The second-order valence-corrected chi connectivity index (χ2v) is 3.67. The van der Waals surface area contributed by atoms with Gasteiger partial charge in [-0.25, -0.2) is 0 Å². The van der Waals surface area contributed by atoms with E-state index in [1.807, 2.05) is 6.07 Å². The zero-order valence-corrected chi connectivity index (χ0v) is 9.38. The highest BCUT2D eigenvalue weighted by atomic mass is 16.5. The van der Waals surface area contributed by atoms with Gasteiger partial charge in [-0.15, -0.1) is 0 Å². The van der Waals surface area contributed by atoms with Crippen LogP contribution in [0, 0.1) is 0 Å². The first-order chi connectivity index (χ1) is 8.22. The van der Waals surface area contributed by atoms with E-state index in [0.717, 1.165) is 0 Å². The molecule has 17 heavy (non-hydrogen) atoms. The maximum Gasteiger partial charge on any atom is 0.241 e. The van der Waals surface area contributed by atoms with Gasteiger partial charge in [0.25, 0.3) is 0 Å². The lowest BCUT2D eigenvalue weighted by atomic mass is 10.0. The van der Waals surface area contributed by atoms with Gasteiger partial charge < -0.3 is 9.47 Å². The highest BCUT2D eigenvalue weighted by Gasteiger charge is 2.32. The Hall–Kier alpha value is -2.10. The summed E-state index contributed by atoms with van der Waals surface area (Å²) in [5, 5.41) is 0. The van der Waals surface area contributed by atoms with E-state index in [4.69, 9.17) is 9.47 Å². The number of hydrogen-bond acceptors (Lipinski definition) is 4. The Labute approximate surface area is 98.8 Å². The quantitative estimate of drug-likeness (QED) is 0.741. The average Bonchev–Trinajstić information content (AvgIpc) is 2.71. The highest BCUT2D eigenvalue weighted by Crippen LogP contribution is 2.19. The molecule has 0 aromatic heterocycles. The van der Waals surface area contributed by atoms with Gasteiger partial charge in [-0.05, 0) is 0 Å². The third kappa shape index (κ3) is 2.36. The van der Waals surface area contributed by atoms with E-state index < -0.39 is 6.10 Å². The highest BCUT2D eigenvalue weighted by molar-refractivity contribution is 6.04. The van der Waals surface area contributed by atoms with Gasteiger partial charge in [0.05, 0.1) is 13.5 Å². The van der Waals surface area contributed by atoms with Gasteiger partial charge >= 0.3 is 0 Å². The molecule has 0 fully saturated rings. The lowest BCUT2D eigenvalue weighted by Gasteiger charge is -2.07. The Balaban J connectivity index is 2.00. The summed E-state index contributed by atoms with van der Waals surface area (Å²) >= 11 is 0. The summed E-state index contributed by atoms with van der Waals surface area (Å²) < 4.78 is 9.92. The number of ether oxygens (including phenoxy) is 2. The second kappa shape index (κ2) is 4.82. The summed E-state index contributed by atoms with van der Waals surface area (Å²) in [5.41, 5.74) is 0.578. The lowest BCUT2D eigenvalue weighted by Crippen LogP contribution is -2.22. The number of hydrogen-bond donors (Lipinski definition) is 0. The number of methoxy groups -OCH3 is 1. The molecule has 2 rings (SSSR count). The molecule has 4 nitrogen and oxygen atoms in total. The van der Waals surface area contributed by atoms with Gasteiger partial charge in [0.1, 0.15) is 6.26 Å². The first-order valence-electron chi connectivity index (χ1n) is 5.24. The van der Waals surface area contributed by atoms with Crippen LogP contribution in [0.5, 0.6) is 0 Å². The molecule has 1 heterocycles. The monoisotopic (exact) mass is 232 g/mol. The van der Waals surface area contributed by atoms with E-state index in [-0.39, 0.29) is 23.7 Å². The molecule has 0 N–H and O–H groups in total. The van der Waals surface area contributed by atoms with E-state index in [0.29, 0.717) is 5.56 Å². The van der Waals surface area contributed by atoms with Crippen molar-refractivity contribution in [2.45, 2.75) is 12.5 Å². The second-order valence-electron chi connectivity index (χ2n) is 3.67.